The molecule has 0 bridgehead atoms. The topological polar surface area (TPSA) is 42.1 Å². The molecule has 1 aromatic heterocycles. The Morgan fingerprint density at radius 3 is 2.40 bits per heavy atom. The van der Waals surface area contributed by atoms with Gasteiger partial charge in [0.05, 0.1) is 0 Å². The summed E-state index contributed by atoms with van der Waals surface area (Å²) in [5, 5.41) is 0. The van der Waals surface area contributed by atoms with Crippen LogP contribution < -0.4 is 10.6 Å². The molecule has 1 aromatic carbocycles. The lowest BCUT2D eigenvalue weighted by atomic mass is 10.1. The number of aryl methyl sites for hydroxylation is 1. The van der Waals surface area contributed by atoms with Crippen molar-refractivity contribution >= 4 is 5.82 Å². The summed E-state index contributed by atoms with van der Waals surface area (Å²) in [7, 11) is 0. The number of anilines is 1. The molecule has 0 aliphatic carbocycles. The lowest BCUT2D eigenvalue weighted by Gasteiger charge is -2.30. The molecule has 0 amide bonds. The lowest BCUT2D eigenvalue weighted by molar-refractivity contribution is 0.666. The normalized spacial score (nSPS) is 10.8. The van der Waals surface area contributed by atoms with E-state index in [4.69, 9.17) is 10.7 Å². The Hall–Kier alpha value is -1.87. The van der Waals surface area contributed by atoms with Crippen molar-refractivity contribution in [3.63, 3.8) is 0 Å². The SMILES string of the molecule is Cc1ccc(CN)c(N(Cc2ccccc2)C(C)C)n1. The van der Waals surface area contributed by atoms with Gasteiger partial charge < -0.3 is 10.6 Å². The largest absolute Gasteiger partial charge is 0.350 e. The van der Waals surface area contributed by atoms with Crippen LogP contribution in [0.25, 0.3) is 0 Å². The van der Waals surface area contributed by atoms with Gasteiger partial charge in [0.1, 0.15) is 5.82 Å². The summed E-state index contributed by atoms with van der Waals surface area (Å²) < 4.78 is 0. The maximum absolute atomic E-state index is 5.87. The van der Waals surface area contributed by atoms with Gasteiger partial charge in [-0.3, -0.25) is 0 Å². The van der Waals surface area contributed by atoms with E-state index in [1.165, 1.54) is 5.56 Å². The van der Waals surface area contributed by atoms with Crippen LogP contribution in [0.3, 0.4) is 0 Å². The summed E-state index contributed by atoms with van der Waals surface area (Å²) in [5.41, 5.74) is 9.27. The third kappa shape index (κ3) is 3.36. The van der Waals surface area contributed by atoms with E-state index < -0.39 is 0 Å². The molecule has 0 aliphatic heterocycles. The van der Waals surface area contributed by atoms with E-state index in [0.29, 0.717) is 12.6 Å². The van der Waals surface area contributed by atoms with Crippen LogP contribution in [0.2, 0.25) is 0 Å². The van der Waals surface area contributed by atoms with Crippen LogP contribution in [-0.4, -0.2) is 11.0 Å². The summed E-state index contributed by atoms with van der Waals surface area (Å²) in [4.78, 5) is 7.02. The highest BCUT2D eigenvalue weighted by molar-refractivity contribution is 5.49. The van der Waals surface area contributed by atoms with Crippen molar-refractivity contribution in [3.8, 4) is 0 Å². The van der Waals surface area contributed by atoms with Gasteiger partial charge >= 0.3 is 0 Å². The smallest absolute Gasteiger partial charge is 0.133 e. The van der Waals surface area contributed by atoms with Gasteiger partial charge in [0.2, 0.25) is 0 Å². The van der Waals surface area contributed by atoms with E-state index in [9.17, 15) is 0 Å². The molecule has 1 heterocycles. The second-order valence-corrected chi connectivity index (χ2v) is 5.35. The van der Waals surface area contributed by atoms with Gasteiger partial charge in [-0.15, -0.1) is 0 Å². The predicted molar refractivity (Wildman–Crippen MR) is 84.6 cm³/mol. The summed E-state index contributed by atoms with van der Waals surface area (Å²) in [5.74, 6) is 1.01. The molecule has 2 aromatic rings. The zero-order chi connectivity index (χ0) is 14.5. The molecule has 106 valence electrons. The molecule has 0 saturated heterocycles. The molecular formula is C17H23N3. The minimum absolute atomic E-state index is 0.370. The van der Waals surface area contributed by atoms with Crippen molar-refractivity contribution in [2.75, 3.05) is 4.90 Å². The first-order valence-corrected chi connectivity index (χ1v) is 7.09. The van der Waals surface area contributed by atoms with Gasteiger partial charge in [-0.05, 0) is 32.4 Å². The van der Waals surface area contributed by atoms with Crippen molar-refractivity contribution in [2.24, 2.45) is 5.73 Å². The summed E-state index contributed by atoms with van der Waals surface area (Å²) in [6.45, 7) is 7.76. The summed E-state index contributed by atoms with van der Waals surface area (Å²) in [6, 6.07) is 14.9. The predicted octanol–water partition coefficient (Wildman–Crippen LogP) is 3.26. The molecule has 0 spiro atoms. The van der Waals surface area contributed by atoms with Gasteiger partial charge in [0.15, 0.2) is 0 Å². The number of pyridine rings is 1. The van der Waals surface area contributed by atoms with Crippen LogP contribution in [0.4, 0.5) is 5.82 Å². The lowest BCUT2D eigenvalue weighted by Crippen LogP contribution is -2.32. The molecule has 0 radical (unpaired) electrons. The molecule has 2 rings (SSSR count). The fraction of sp³-hybridized carbons (Fsp3) is 0.353. The number of hydrogen-bond acceptors (Lipinski definition) is 3. The van der Waals surface area contributed by atoms with Gasteiger partial charge in [0.25, 0.3) is 0 Å². The molecule has 0 aliphatic rings. The molecule has 0 unspecified atom stereocenters. The maximum Gasteiger partial charge on any atom is 0.133 e. The Morgan fingerprint density at radius 2 is 1.80 bits per heavy atom. The third-order valence-corrected chi connectivity index (χ3v) is 3.41. The first-order valence-electron chi connectivity index (χ1n) is 7.09. The monoisotopic (exact) mass is 269 g/mol. The first kappa shape index (κ1) is 14.5. The third-order valence-electron chi connectivity index (χ3n) is 3.41. The van der Waals surface area contributed by atoms with Crippen LogP contribution in [0.1, 0.15) is 30.7 Å². The summed E-state index contributed by atoms with van der Waals surface area (Å²) in [6.07, 6.45) is 0. The van der Waals surface area contributed by atoms with E-state index in [1.807, 2.05) is 19.1 Å². The molecule has 3 heteroatoms. The van der Waals surface area contributed by atoms with Gasteiger partial charge in [-0.1, -0.05) is 36.4 Å². The second kappa shape index (κ2) is 6.53. The Labute approximate surface area is 121 Å². The van der Waals surface area contributed by atoms with E-state index in [0.717, 1.165) is 23.6 Å². The minimum Gasteiger partial charge on any atom is -0.350 e. The zero-order valence-corrected chi connectivity index (χ0v) is 12.5. The molecule has 2 N–H and O–H groups in total. The van der Waals surface area contributed by atoms with Gasteiger partial charge in [-0.25, -0.2) is 4.98 Å². The average molecular weight is 269 g/mol. The number of aromatic nitrogens is 1. The standard InChI is InChI=1S/C17H23N3/c1-13(2)20(12-15-7-5-4-6-8-15)17-16(11-18)10-9-14(3)19-17/h4-10,13H,11-12,18H2,1-3H3. The molecule has 0 fully saturated rings. The van der Waals surface area contributed by atoms with E-state index in [1.54, 1.807) is 0 Å². The fourth-order valence-electron chi connectivity index (χ4n) is 2.26. The van der Waals surface area contributed by atoms with E-state index >= 15 is 0 Å². The Balaban J connectivity index is 2.36. The molecule has 20 heavy (non-hydrogen) atoms. The summed E-state index contributed by atoms with van der Waals surface area (Å²) >= 11 is 0. The van der Waals surface area contributed by atoms with Gasteiger partial charge in [0, 0.05) is 30.4 Å². The minimum atomic E-state index is 0.370. The number of nitrogens with zero attached hydrogens (tertiary/aromatic N) is 2. The molecule has 0 saturated carbocycles. The van der Waals surface area contributed by atoms with Crippen LogP contribution in [0.5, 0.6) is 0 Å². The number of nitrogens with two attached hydrogens (primary N) is 1. The van der Waals surface area contributed by atoms with Crippen LogP contribution in [0, 0.1) is 6.92 Å². The van der Waals surface area contributed by atoms with Crippen molar-refractivity contribution in [1.82, 2.24) is 4.98 Å². The quantitative estimate of drug-likeness (QED) is 0.906. The van der Waals surface area contributed by atoms with Crippen LogP contribution >= 0.6 is 0 Å². The van der Waals surface area contributed by atoms with Crippen molar-refractivity contribution in [1.29, 1.82) is 0 Å². The Kier molecular flexibility index (Phi) is 4.74. The highest BCUT2D eigenvalue weighted by Crippen LogP contribution is 2.22. The van der Waals surface area contributed by atoms with Crippen molar-refractivity contribution in [3.05, 3.63) is 59.3 Å². The number of benzene rings is 1. The zero-order valence-electron chi connectivity index (χ0n) is 12.5. The van der Waals surface area contributed by atoms with Crippen LogP contribution in [0.15, 0.2) is 42.5 Å². The molecule has 0 atom stereocenters. The number of rotatable bonds is 5. The highest BCUT2D eigenvalue weighted by atomic mass is 15.2. The van der Waals surface area contributed by atoms with E-state index in [-0.39, 0.29) is 0 Å². The second-order valence-electron chi connectivity index (χ2n) is 5.35. The van der Waals surface area contributed by atoms with Crippen molar-refractivity contribution in [2.45, 2.75) is 39.9 Å². The maximum atomic E-state index is 5.87. The average Bonchev–Trinajstić information content (AvgIpc) is 2.45. The highest BCUT2D eigenvalue weighted by Gasteiger charge is 2.16. The number of hydrogen-bond donors (Lipinski definition) is 1. The Morgan fingerprint density at radius 1 is 1.10 bits per heavy atom. The first-order chi connectivity index (χ1) is 9.61. The Bertz CT molecular complexity index is 549. The van der Waals surface area contributed by atoms with Crippen molar-refractivity contribution < 1.29 is 0 Å². The van der Waals surface area contributed by atoms with E-state index in [2.05, 4.69) is 49.1 Å². The fourth-order valence-corrected chi connectivity index (χ4v) is 2.26. The molecular weight excluding hydrogens is 246 g/mol. The van der Waals surface area contributed by atoms with Gasteiger partial charge in [-0.2, -0.15) is 0 Å². The molecule has 3 nitrogen and oxygen atoms in total. The van der Waals surface area contributed by atoms with Crippen LogP contribution in [-0.2, 0) is 13.1 Å².